The van der Waals surface area contributed by atoms with Gasteiger partial charge in [-0.1, -0.05) is 61.0 Å². The molecule has 1 aromatic heterocycles. The SMILES string of the molecule is CCc1nnc(CNC(c2ccccc2)c2cccc(Cl)c2)o1. The highest BCUT2D eigenvalue weighted by molar-refractivity contribution is 6.30. The predicted molar refractivity (Wildman–Crippen MR) is 90.3 cm³/mol. The van der Waals surface area contributed by atoms with Crippen LogP contribution in [0.1, 0.15) is 35.9 Å². The maximum absolute atomic E-state index is 6.15. The maximum Gasteiger partial charge on any atom is 0.230 e. The van der Waals surface area contributed by atoms with Crippen molar-refractivity contribution in [3.63, 3.8) is 0 Å². The first kappa shape index (κ1) is 15.7. The van der Waals surface area contributed by atoms with E-state index in [0.717, 1.165) is 22.6 Å². The summed E-state index contributed by atoms with van der Waals surface area (Å²) in [5.74, 6) is 1.24. The van der Waals surface area contributed by atoms with E-state index in [4.69, 9.17) is 16.0 Å². The third-order valence-electron chi connectivity index (χ3n) is 3.58. The Morgan fingerprint density at radius 1 is 1.00 bits per heavy atom. The van der Waals surface area contributed by atoms with Crippen LogP contribution in [0, 0.1) is 0 Å². The van der Waals surface area contributed by atoms with Gasteiger partial charge in [0, 0.05) is 11.4 Å². The minimum absolute atomic E-state index is 0.00637. The third kappa shape index (κ3) is 3.97. The lowest BCUT2D eigenvalue weighted by atomic mass is 9.99. The van der Waals surface area contributed by atoms with Crippen LogP contribution in [0.3, 0.4) is 0 Å². The van der Waals surface area contributed by atoms with Crippen molar-refractivity contribution in [2.75, 3.05) is 0 Å². The highest BCUT2D eigenvalue weighted by atomic mass is 35.5. The molecule has 1 N–H and O–H groups in total. The second-order valence-electron chi connectivity index (χ2n) is 5.22. The molecule has 1 atom stereocenters. The molecule has 23 heavy (non-hydrogen) atoms. The fourth-order valence-electron chi connectivity index (χ4n) is 2.45. The van der Waals surface area contributed by atoms with Gasteiger partial charge in [0.15, 0.2) is 0 Å². The van der Waals surface area contributed by atoms with Crippen LogP contribution in [0.2, 0.25) is 5.02 Å². The topological polar surface area (TPSA) is 51.0 Å². The van der Waals surface area contributed by atoms with Gasteiger partial charge in [0.05, 0.1) is 12.6 Å². The van der Waals surface area contributed by atoms with Crippen LogP contribution >= 0.6 is 11.6 Å². The largest absolute Gasteiger partial charge is 0.424 e. The Balaban J connectivity index is 1.83. The summed E-state index contributed by atoms with van der Waals surface area (Å²) in [6.45, 7) is 2.49. The monoisotopic (exact) mass is 327 g/mol. The van der Waals surface area contributed by atoms with Gasteiger partial charge in [0.25, 0.3) is 0 Å². The Morgan fingerprint density at radius 3 is 2.43 bits per heavy atom. The molecule has 5 heteroatoms. The van der Waals surface area contributed by atoms with Gasteiger partial charge >= 0.3 is 0 Å². The van der Waals surface area contributed by atoms with E-state index in [1.54, 1.807) is 0 Å². The van der Waals surface area contributed by atoms with E-state index in [0.29, 0.717) is 18.3 Å². The molecule has 0 radical (unpaired) electrons. The lowest BCUT2D eigenvalue weighted by molar-refractivity contribution is 0.426. The highest BCUT2D eigenvalue weighted by Crippen LogP contribution is 2.24. The zero-order chi connectivity index (χ0) is 16.1. The van der Waals surface area contributed by atoms with Crippen molar-refractivity contribution < 1.29 is 4.42 Å². The molecule has 0 spiro atoms. The zero-order valence-corrected chi connectivity index (χ0v) is 13.6. The molecule has 0 saturated heterocycles. The molecule has 3 aromatic rings. The molecular formula is C18H18ClN3O. The Labute approximate surface area is 140 Å². The van der Waals surface area contributed by atoms with Crippen LogP contribution in [-0.4, -0.2) is 10.2 Å². The van der Waals surface area contributed by atoms with E-state index in [9.17, 15) is 0 Å². The van der Waals surface area contributed by atoms with Crippen molar-refractivity contribution >= 4 is 11.6 Å². The lowest BCUT2D eigenvalue weighted by Gasteiger charge is -2.19. The van der Waals surface area contributed by atoms with Crippen LogP contribution in [0.25, 0.3) is 0 Å². The fraction of sp³-hybridized carbons (Fsp3) is 0.222. The molecule has 1 heterocycles. The van der Waals surface area contributed by atoms with Gasteiger partial charge in [0.2, 0.25) is 11.8 Å². The van der Waals surface area contributed by atoms with Gasteiger partial charge < -0.3 is 4.42 Å². The molecular weight excluding hydrogens is 310 g/mol. The van der Waals surface area contributed by atoms with Crippen LogP contribution in [-0.2, 0) is 13.0 Å². The summed E-state index contributed by atoms with van der Waals surface area (Å²) in [6, 6.07) is 18.1. The Bertz CT molecular complexity index is 758. The molecule has 4 nitrogen and oxygen atoms in total. The zero-order valence-electron chi connectivity index (χ0n) is 12.9. The molecule has 0 aliphatic heterocycles. The number of halogens is 1. The van der Waals surface area contributed by atoms with E-state index in [2.05, 4.69) is 33.7 Å². The summed E-state index contributed by atoms with van der Waals surface area (Å²) in [5.41, 5.74) is 2.25. The number of aromatic nitrogens is 2. The maximum atomic E-state index is 6.15. The first-order valence-electron chi connectivity index (χ1n) is 7.61. The first-order chi connectivity index (χ1) is 11.3. The normalized spacial score (nSPS) is 12.3. The lowest BCUT2D eigenvalue weighted by Crippen LogP contribution is -2.22. The molecule has 0 amide bonds. The molecule has 0 fully saturated rings. The summed E-state index contributed by atoms with van der Waals surface area (Å²) in [5, 5.41) is 12.3. The standard InChI is InChI=1S/C18H18ClN3O/c1-2-16-21-22-17(23-16)12-20-18(13-7-4-3-5-8-13)14-9-6-10-15(19)11-14/h3-11,18,20H,2,12H2,1H3. The van der Waals surface area contributed by atoms with Gasteiger partial charge in [-0.3, -0.25) is 5.32 Å². The highest BCUT2D eigenvalue weighted by Gasteiger charge is 2.15. The van der Waals surface area contributed by atoms with E-state index >= 15 is 0 Å². The van der Waals surface area contributed by atoms with Crippen LogP contribution < -0.4 is 5.32 Å². The van der Waals surface area contributed by atoms with E-state index in [1.165, 1.54) is 0 Å². The summed E-state index contributed by atoms with van der Waals surface area (Å²) in [6.07, 6.45) is 0.739. The molecule has 1 unspecified atom stereocenters. The molecule has 0 bridgehead atoms. The summed E-state index contributed by atoms with van der Waals surface area (Å²) >= 11 is 6.15. The summed E-state index contributed by atoms with van der Waals surface area (Å²) in [4.78, 5) is 0. The van der Waals surface area contributed by atoms with Gasteiger partial charge in [-0.25, -0.2) is 0 Å². The van der Waals surface area contributed by atoms with E-state index < -0.39 is 0 Å². The number of nitrogens with zero attached hydrogens (tertiary/aromatic N) is 2. The van der Waals surface area contributed by atoms with Crippen molar-refractivity contribution in [2.45, 2.75) is 25.9 Å². The second-order valence-corrected chi connectivity index (χ2v) is 5.66. The number of aryl methyl sites for hydroxylation is 1. The third-order valence-corrected chi connectivity index (χ3v) is 3.82. The van der Waals surface area contributed by atoms with Crippen molar-refractivity contribution in [3.05, 3.63) is 82.5 Å². The van der Waals surface area contributed by atoms with Crippen molar-refractivity contribution in [1.82, 2.24) is 15.5 Å². The van der Waals surface area contributed by atoms with Crippen LogP contribution in [0.5, 0.6) is 0 Å². The van der Waals surface area contributed by atoms with Crippen molar-refractivity contribution in [1.29, 1.82) is 0 Å². The molecule has 0 saturated carbocycles. The molecule has 118 valence electrons. The van der Waals surface area contributed by atoms with Crippen LogP contribution in [0.15, 0.2) is 59.0 Å². The summed E-state index contributed by atoms with van der Waals surface area (Å²) in [7, 11) is 0. The van der Waals surface area contributed by atoms with Crippen LogP contribution in [0.4, 0.5) is 0 Å². The van der Waals surface area contributed by atoms with Gasteiger partial charge in [0.1, 0.15) is 0 Å². The fourth-order valence-corrected chi connectivity index (χ4v) is 2.65. The van der Waals surface area contributed by atoms with Gasteiger partial charge in [-0.05, 0) is 23.3 Å². The minimum Gasteiger partial charge on any atom is -0.424 e. The minimum atomic E-state index is 0.00637. The number of hydrogen-bond donors (Lipinski definition) is 1. The van der Waals surface area contributed by atoms with E-state index in [1.807, 2.05) is 43.3 Å². The predicted octanol–water partition coefficient (Wildman–Crippen LogP) is 4.16. The smallest absolute Gasteiger partial charge is 0.230 e. The number of benzene rings is 2. The van der Waals surface area contributed by atoms with Crippen molar-refractivity contribution in [3.8, 4) is 0 Å². The molecule has 0 aliphatic carbocycles. The number of rotatable bonds is 6. The second kappa shape index (κ2) is 7.40. The Morgan fingerprint density at radius 2 is 1.74 bits per heavy atom. The van der Waals surface area contributed by atoms with E-state index in [-0.39, 0.29) is 6.04 Å². The average Bonchev–Trinajstić information content (AvgIpc) is 3.04. The summed E-state index contributed by atoms with van der Waals surface area (Å²) < 4.78 is 5.57. The first-order valence-corrected chi connectivity index (χ1v) is 7.99. The molecule has 3 rings (SSSR count). The van der Waals surface area contributed by atoms with Gasteiger partial charge in [-0.2, -0.15) is 0 Å². The Kier molecular flexibility index (Phi) is 5.05. The van der Waals surface area contributed by atoms with Crippen molar-refractivity contribution in [2.24, 2.45) is 0 Å². The molecule has 0 aliphatic rings. The number of nitrogens with one attached hydrogen (secondary N) is 1. The molecule has 2 aromatic carbocycles. The number of hydrogen-bond acceptors (Lipinski definition) is 4. The average molecular weight is 328 g/mol. The quantitative estimate of drug-likeness (QED) is 0.738. The Hall–Kier alpha value is -2.17. The van der Waals surface area contributed by atoms with Gasteiger partial charge in [-0.15, -0.1) is 10.2 Å².